The summed E-state index contributed by atoms with van der Waals surface area (Å²) in [5.41, 5.74) is 0. The summed E-state index contributed by atoms with van der Waals surface area (Å²) in [4.78, 5) is 36.1. The van der Waals surface area contributed by atoms with Crippen molar-refractivity contribution in [3.05, 3.63) is 0 Å². The molecule has 0 aromatic carbocycles. The molecule has 0 atom stereocenters. The Morgan fingerprint density at radius 1 is 1.19 bits per heavy atom. The van der Waals surface area contributed by atoms with Crippen molar-refractivity contribution >= 4 is 27.7 Å². The number of nitrogens with one attached hydrogen (secondary N) is 1. The molecule has 2 saturated heterocycles. The highest BCUT2D eigenvalue weighted by Gasteiger charge is 2.35. The maximum absolute atomic E-state index is 12.3. The average Bonchev–Trinajstić information content (AvgIpc) is 2.45. The van der Waals surface area contributed by atoms with Crippen LogP contribution in [0.1, 0.15) is 19.8 Å². The summed E-state index contributed by atoms with van der Waals surface area (Å²) >= 11 is 0. The molecule has 2 heterocycles. The van der Waals surface area contributed by atoms with Crippen molar-refractivity contribution in [2.24, 2.45) is 5.92 Å². The first-order valence-corrected chi connectivity index (χ1v) is 8.53. The normalized spacial score (nSPS) is 22.2. The van der Waals surface area contributed by atoms with Gasteiger partial charge in [-0.05, 0) is 19.8 Å². The van der Waals surface area contributed by atoms with Gasteiger partial charge in [-0.25, -0.2) is 12.7 Å². The van der Waals surface area contributed by atoms with E-state index in [1.165, 1.54) is 9.21 Å². The van der Waals surface area contributed by atoms with Crippen molar-refractivity contribution in [3.63, 3.8) is 0 Å². The van der Waals surface area contributed by atoms with Gasteiger partial charge in [-0.2, -0.15) is 0 Å². The van der Waals surface area contributed by atoms with Gasteiger partial charge in [-0.3, -0.25) is 19.7 Å². The topological polar surface area (TPSA) is 104 Å². The lowest BCUT2D eigenvalue weighted by atomic mass is 9.96. The van der Waals surface area contributed by atoms with Crippen LogP contribution in [0, 0.1) is 5.92 Å². The number of piperazine rings is 1. The molecule has 0 bridgehead atoms. The second kappa shape index (κ2) is 6.10. The summed E-state index contributed by atoms with van der Waals surface area (Å²) in [6.07, 6.45) is 0.842. The van der Waals surface area contributed by atoms with Gasteiger partial charge in [0.05, 0.1) is 5.75 Å². The molecule has 2 rings (SSSR count). The monoisotopic (exact) mass is 317 g/mol. The fourth-order valence-electron chi connectivity index (χ4n) is 2.61. The van der Waals surface area contributed by atoms with E-state index in [-0.39, 0.29) is 30.7 Å². The predicted molar refractivity (Wildman–Crippen MR) is 73.5 cm³/mol. The Morgan fingerprint density at radius 2 is 1.71 bits per heavy atom. The summed E-state index contributed by atoms with van der Waals surface area (Å²) in [5, 5.41) is 2.14. The molecule has 3 amide bonds. The van der Waals surface area contributed by atoms with Crippen LogP contribution < -0.4 is 5.32 Å². The third-order valence-electron chi connectivity index (χ3n) is 3.82. The second-order valence-electron chi connectivity index (χ2n) is 5.24. The average molecular weight is 317 g/mol. The summed E-state index contributed by atoms with van der Waals surface area (Å²) in [6.45, 7) is 1.97. The zero-order valence-corrected chi connectivity index (χ0v) is 12.7. The van der Waals surface area contributed by atoms with Gasteiger partial charge in [0.15, 0.2) is 0 Å². The van der Waals surface area contributed by atoms with E-state index in [0.29, 0.717) is 25.9 Å². The molecule has 9 heteroatoms. The van der Waals surface area contributed by atoms with Crippen molar-refractivity contribution < 1.29 is 22.8 Å². The molecule has 0 radical (unpaired) electrons. The molecule has 2 aliphatic rings. The number of carbonyl (C=O) groups is 3. The van der Waals surface area contributed by atoms with Crippen LogP contribution in [0.4, 0.5) is 0 Å². The Balaban J connectivity index is 1.94. The van der Waals surface area contributed by atoms with Crippen molar-refractivity contribution in [2.45, 2.75) is 19.8 Å². The number of hydrogen-bond donors (Lipinski definition) is 1. The van der Waals surface area contributed by atoms with Crippen LogP contribution in [0.15, 0.2) is 0 Å². The fraction of sp³-hybridized carbons (Fsp3) is 0.750. The summed E-state index contributed by atoms with van der Waals surface area (Å²) in [7, 11) is -3.22. The van der Waals surface area contributed by atoms with E-state index in [9.17, 15) is 22.8 Å². The first kappa shape index (κ1) is 15.9. The van der Waals surface area contributed by atoms with E-state index in [1.54, 1.807) is 6.92 Å². The number of imide groups is 1. The van der Waals surface area contributed by atoms with Crippen molar-refractivity contribution in [1.29, 1.82) is 0 Å². The van der Waals surface area contributed by atoms with E-state index < -0.39 is 21.8 Å². The van der Waals surface area contributed by atoms with Crippen LogP contribution in [-0.2, 0) is 24.4 Å². The van der Waals surface area contributed by atoms with E-state index in [2.05, 4.69) is 5.32 Å². The third kappa shape index (κ3) is 3.59. The minimum absolute atomic E-state index is 0.0480. The van der Waals surface area contributed by atoms with Gasteiger partial charge in [-0.1, -0.05) is 0 Å². The van der Waals surface area contributed by atoms with Gasteiger partial charge in [0.1, 0.15) is 13.1 Å². The van der Waals surface area contributed by atoms with Crippen LogP contribution in [0.2, 0.25) is 0 Å². The van der Waals surface area contributed by atoms with Crippen LogP contribution in [0.3, 0.4) is 0 Å². The number of piperidine rings is 1. The summed E-state index contributed by atoms with van der Waals surface area (Å²) in [6, 6.07) is 0. The first-order valence-electron chi connectivity index (χ1n) is 6.92. The van der Waals surface area contributed by atoms with Crippen molar-refractivity contribution in [1.82, 2.24) is 14.5 Å². The summed E-state index contributed by atoms with van der Waals surface area (Å²) < 4.78 is 24.9. The molecule has 1 N–H and O–H groups in total. The zero-order chi connectivity index (χ0) is 15.6. The largest absolute Gasteiger partial charge is 0.324 e. The molecule has 0 saturated carbocycles. The maximum atomic E-state index is 12.3. The number of carbonyl (C=O) groups excluding carboxylic acids is 3. The Morgan fingerprint density at radius 3 is 2.19 bits per heavy atom. The lowest BCUT2D eigenvalue weighted by molar-refractivity contribution is -0.148. The van der Waals surface area contributed by atoms with Crippen LogP contribution in [-0.4, -0.2) is 67.3 Å². The zero-order valence-electron chi connectivity index (χ0n) is 11.9. The summed E-state index contributed by atoms with van der Waals surface area (Å²) in [5.74, 6) is -1.48. The molecule has 0 aromatic heterocycles. The Kier molecular flexibility index (Phi) is 4.62. The Labute approximate surface area is 123 Å². The van der Waals surface area contributed by atoms with E-state index >= 15 is 0 Å². The van der Waals surface area contributed by atoms with Crippen LogP contribution in [0.5, 0.6) is 0 Å². The van der Waals surface area contributed by atoms with Gasteiger partial charge in [-0.15, -0.1) is 0 Å². The maximum Gasteiger partial charge on any atom is 0.246 e. The molecule has 2 aliphatic heterocycles. The second-order valence-corrected chi connectivity index (χ2v) is 7.50. The molecule has 118 valence electrons. The number of hydrogen-bond acceptors (Lipinski definition) is 5. The van der Waals surface area contributed by atoms with Gasteiger partial charge < -0.3 is 4.90 Å². The van der Waals surface area contributed by atoms with Gasteiger partial charge in [0, 0.05) is 19.0 Å². The highest BCUT2D eigenvalue weighted by atomic mass is 32.2. The van der Waals surface area contributed by atoms with Gasteiger partial charge >= 0.3 is 0 Å². The molecular weight excluding hydrogens is 298 g/mol. The number of nitrogens with zero attached hydrogens (tertiary/aromatic N) is 2. The van der Waals surface area contributed by atoms with Gasteiger partial charge in [0.25, 0.3) is 0 Å². The SMILES string of the molecule is CCS(=O)(=O)N1CCC(C(=O)N2CC(=O)NC(=O)C2)CC1. The molecule has 0 aromatic rings. The first-order chi connectivity index (χ1) is 9.83. The highest BCUT2D eigenvalue weighted by Crippen LogP contribution is 2.22. The Hall–Kier alpha value is -1.48. The van der Waals surface area contributed by atoms with Gasteiger partial charge in [0.2, 0.25) is 27.7 Å². The van der Waals surface area contributed by atoms with E-state index in [0.717, 1.165) is 0 Å². The fourth-order valence-corrected chi connectivity index (χ4v) is 3.75. The highest BCUT2D eigenvalue weighted by molar-refractivity contribution is 7.89. The molecule has 8 nitrogen and oxygen atoms in total. The predicted octanol–water partition coefficient (Wildman–Crippen LogP) is -1.47. The minimum Gasteiger partial charge on any atom is -0.324 e. The van der Waals surface area contributed by atoms with Crippen LogP contribution in [0.25, 0.3) is 0 Å². The lowest BCUT2D eigenvalue weighted by Gasteiger charge is -2.34. The van der Waals surface area contributed by atoms with E-state index in [4.69, 9.17) is 0 Å². The Bertz CT molecular complexity index is 535. The molecular formula is C12H19N3O5S. The van der Waals surface area contributed by atoms with Crippen molar-refractivity contribution in [2.75, 3.05) is 31.9 Å². The van der Waals surface area contributed by atoms with Crippen molar-refractivity contribution in [3.8, 4) is 0 Å². The number of rotatable bonds is 3. The number of amides is 3. The quantitative estimate of drug-likeness (QED) is 0.640. The minimum atomic E-state index is -3.22. The molecule has 0 aliphatic carbocycles. The molecule has 21 heavy (non-hydrogen) atoms. The smallest absolute Gasteiger partial charge is 0.246 e. The molecule has 0 spiro atoms. The third-order valence-corrected chi connectivity index (χ3v) is 5.70. The number of sulfonamides is 1. The van der Waals surface area contributed by atoms with Crippen LogP contribution >= 0.6 is 0 Å². The molecule has 0 unspecified atom stereocenters. The standard InChI is InChI=1S/C12H19N3O5S/c1-2-21(19,20)15-5-3-9(4-6-15)12(18)14-7-10(16)13-11(17)8-14/h9H,2-8H2,1H3,(H,13,16,17). The molecule has 2 fully saturated rings. The lowest BCUT2D eigenvalue weighted by Crippen LogP contribution is -2.55. The van der Waals surface area contributed by atoms with E-state index in [1.807, 2.05) is 0 Å².